The molecule has 0 saturated heterocycles. The quantitative estimate of drug-likeness (QED) is 0.434. The minimum atomic E-state index is 0. The van der Waals surface area contributed by atoms with Gasteiger partial charge < -0.3 is 5.84 Å². The van der Waals surface area contributed by atoms with Crippen molar-refractivity contribution in [3.63, 3.8) is 0 Å². The zero-order valence-corrected chi connectivity index (χ0v) is 5.87. The first-order valence-electron chi connectivity index (χ1n) is 2.88. The molecule has 0 amide bonds. The van der Waals surface area contributed by atoms with Gasteiger partial charge in [0.25, 0.3) is 0 Å². The van der Waals surface area contributed by atoms with E-state index in [2.05, 4.69) is 6.07 Å². The fourth-order valence-electron chi connectivity index (χ4n) is 0.932. The topological polar surface area (TPSA) is 13.1 Å². The van der Waals surface area contributed by atoms with Crippen molar-refractivity contribution in [2.45, 2.75) is 0 Å². The van der Waals surface area contributed by atoms with E-state index >= 15 is 0 Å². The van der Waals surface area contributed by atoms with Crippen LogP contribution < -0.4 is 18.9 Å². The maximum atomic E-state index is 4.95. The molecule has 0 aromatic carbocycles. The third-order valence-corrected chi connectivity index (χ3v) is 1.41. The molecule has 2 rings (SSSR count). The van der Waals surface area contributed by atoms with E-state index in [0.29, 0.717) is 0 Å². The summed E-state index contributed by atoms with van der Waals surface area (Å²) in [4.78, 5) is 0. The van der Waals surface area contributed by atoms with Gasteiger partial charge in [0.2, 0.25) is 0 Å². The van der Waals surface area contributed by atoms with E-state index in [1.165, 1.54) is 5.56 Å². The van der Waals surface area contributed by atoms with Gasteiger partial charge in [0.05, 0.1) is 12.5 Å². The zero-order valence-electron chi connectivity index (χ0n) is 6.87. The second kappa shape index (κ2) is 2.96. The summed E-state index contributed by atoms with van der Waals surface area (Å²) in [5.74, 6) is 0. The molecule has 0 fully saturated rings. The van der Waals surface area contributed by atoms with Gasteiger partial charge in [0.15, 0.2) is 0 Å². The SMILES string of the molecule is [H-].[Li+].c1cc2ccocc-2c1. The van der Waals surface area contributed by atoms with Crippen LogP contribution in [0.5, 0.6) is 0 Å². The van der Waals surface area contributed by atoms with Crippen LogP contribution in [0.4, 0.5) is 0 Å². The average Bonchev–Trinajstić information content (AvgIpc) is 2.33. The van der Waals surface area contributed by atoms with Crippen molar-refractivity contribution in [3.8, 4) is 11.1 Å². The van der Waals surface area contributed by atoms with Crippen LogP contribution in [0.25, 0.3) is 11.1 Å². The van der Waals surface area contributed by atoms with Crippen molar-refractivity contribution >= 4 is 0 Å². The fraction of sp³-hybridized carbons (Fsp3) is 0. The maximum Gasteiger partial charge on any atom is 1.00 e. The van der Waals surface area contributed by atoms with Gasteiger partial charge in [-0.05, 0) is 11.6 Å². The van der Waals surface area contributed by atoms with Crippen molar-refractivity contribution in [2.24, 2.45) is 0 Å². The van der Waals surface area contributed by atoms with Crippen LogP contribution in [0.15, 0.2) is 41.2 Å². The molecule has 0 saturated carbocycles. The summed E-state index contributed by atoms with van der Waals surface area (Å²) in [5, 5.41) is 0. The number of hydrogen-bond donors (Lipinski definition) is 0. The van der Waals surface area contributed by atoms with Gasteiger partial charge in [-0.2, -0.15) is 0 Å². The Bertz CT molecular complexity index is 254. The van der Waals surface area contributed by atoms with E-state index < -0.39 is 0 Å². The molecule has 2 heteroatoms. The van der Waals surface area contributed by atoms with Crippen LogP contribution in [0.2, 0.25) is 0 Å². The van der Waals surface area contributed by atoms with Crippen LogP contribution >= 0.6 is 0 Å². The largest absolute Gasteiger partial charge is 1.00 e. The van der Waals surface area contributed by atoms with E-state index in [1.54, 1.807) is 12.5 Å². The van der Waals surface area contributed by atoms with E-state index in [-0.39, 0.29) is 20.3 Å². The molecule has 0 aromatic heterocycles. The molecule has 0 radical (unpaired) electrons. The second-order valence-corrected chi connectivity index (χ2v) is 1.99. The first kappa shape index (κ1) is 7.46. The molecule has 0 spiro atoms. The number of hydrogen-bond acceptors (Lipinski definition) is 1. The first-order valence-corrected chi connectivity index (χ1v) is 2.88. The van der Waals surface area contributed by atoms with Crippen LogP contribution in [-0.2, 0) is 0 Å². The van der Waals surface area contributed by atoms with Gasteiger partial charge in [-0.15, -0.1) is 0 Å². The minimum absolute atomic E-state index is 0. The van der Waals surface area contributed by atoms with Crippen molar-refractivity contribution in [1.82, 2.24) is 0 Å². The van der Waals surface area contributed by atoms with Crippen LogP contribution in [0, 0.1) is 0 Å². The molecule has 0 unspecified atom stereocenters. The summed E-state index contributed by atoms with van der Waals surface area (Å²) in [6, 6.07) is 8.05. The third-order valence-electron chi connectivity index (χ3n) is 1.41. The van der Waals surface area contributed by atoms with Crippen LogP contribution in [0.1, 0.15) is 1.43 Å². The fourth-order valence-corrected chi connectivity index (χ4v) is 0.932. The van der Waals surface area contributed by atoms with Crippen molar-refractivity contribution < 1.29 is 24.7 Å². The van der Waals surface area contributed by atoms with Crippen molar-refractivity contribution in [1.29, 1.82) is 0 Å². The van der Waals surface area contributed by atoms with Crippen LogP contribution in [0.3, 0.4) is 0 Å². The van der Waals surface area contributed by atoms with Gasteiger partial charge in [-0.3, -0.25) is 0 Å². The maximum absolute atomic E-state index is 4.95. The summed E-state index contributed by atoms with van der Waals surface area (Å²) >= 11 is 0. The Morgan fingerprint density at radius 3 is 2.70 bits per heavy atom. The molecule has 0 bridgehead atoms. The number of rotatable bonds is 0. The molecular formula is C8H7LiO. The Labute approximate surface area is 73.0 Å². The van der Waals surface area contributed by atoms with E-state index in [9.17, 15) is 0 Å². The summed E-state index contributed by atoms with van der Waals surface area (Å²) in [6.45, 7) is 0. The van der Waals surface area contributed by atoms with Crippen LogP contribution in [-0.4, -0.2) is 0 Å². The van der Waals surface area contributed by atoms with Gasteiger partial charge >= 0.3 is 18.9 Å². The molecule has 1 heterocycles. The van der Waals surface area contributed by atoms with E-state index in [1.807, 2.05) is 18.2 Å². The normalized spacial score (nSPS) is 9.20. The Morgan fingerprint density at radius 2 is 1.90 bits per heavy atom. The Balaban J connectivity index is 0.000000500. The number of fused-ring (bicyclic) bond motifs is 1. The monoisotopic (exact) mass is 126 g/mol. The molecular weight excluding hydrogens is 119 g/mol. The summed E-state index contributed by atoms with van der Waals surface area (Å²) < 4.78 is 4.95. The zero-order chi connectivity index (χ0) is 6.10. The molecule has 0 N–H and O–H groups in total. The van der Waals surface area contributed by atoms with Gasteiger partial charge in [0, 0.05) is 5.56 Å². The smallest absolute Gasteiger partial charge is 1.00 e. The second-order valence-electron chi connectivity index (χ2n) is 1.99. The molecule has 46 valence electrons. The Kier molecular flexibility index (Phi) is 2.21. The first-order chi connectivity index (χ1) is 4.47. The summed E-state index contributed by atoms with van der Waals surface area (Å²) in [7, 11) is 0. The molecule has 1 aliphatic heterocycles. The van der Waals surface area contributed by atoms with Crippen molar-refractivity contribution in [3.05, 3.63) is 36.8 Å². The predicted octanol–water partition coefficient (Wildman–Crippen LogP) is -0.499. The van der Waals surface area contributed by atoms with Crippen molar-refractivity contribution in [2.75, 3.05) is 0 Å². The van der Waals surface area contributed by atoms with Gasteiger partial charge in [-0.1, -0.05) is 18.2 Å². The standard InChI is InChI=1S/C8H6O.Li.H/c1-2-7-4-5-9-6-8(7)3-1;;/h1-6H;;/q;+1;-1. The molecule has 2 aliphatic rings. The molecule has 0 aromatic rings. The molecule has 0 atom stereocenters. The van der Waals surface area contributed by atoms with Gasteiger partial charge in [0.1, 0.15) is 0 Å². The third kappa shape index (κ3) is 1.11. The Morgan fingerprint density at radius 1 is 1.10 bits per heavy atom. The van der Waals surface area contributed by atoms with E-state index in [4.69, 9.17) is 4.42 Å². The Hall–Kier alpha value is -0.643. The average molecular weight is 126 g/mol. The summed E-state index contributed by atoms with van der Waals surface area (Å²) in [6.07, 6.45) is 3.43. The summed E-state index contributed by atoms with van der Waals surface area (Å²) in [5.41, 5.74) is 2.40. The van der Waals surface area contributed by atoms with Gasteiger partial charge in [-0.25, -0.2) is 0 Å². The molecule has 1 nitrogen and oxygen atoms in total. The minimum Gasteiger partial charge on any atom is -1.00 e. The molecule has 1 aliphatic carbocycles. The predicted molar refractivity (Wildman–Crippen MR) is 36.4 cm³/mol. The van der Waals surface area contributed by atoms with E-state index in [0.717, 1.165) is 5.56 Å². The molecule has 10 heavy (non-hydrogen) atoms.